The van der Waals surface area contributed by atoms with Crippen molar-refractivity contribution in [2.75, 3.05) is 0 Å². The zero-order valence-electron chi connectivity index (χ0n) is 31.7. The van der Waals surface area contributed by atoms with Crippen LogP contribution in [-0.2, 0) is 0 Å². The summed E-state index contributed by atoms with van der Waals surface area (Å²) in [4.78, 5) is 0. The Labute approximate surface area is 321 Å². The summed E-state index contributed by atoms with van der Waals surface area (Å²) in [6.45, 7) is 8.00. The van der Waals surface area contributed by atoms with Crippen molar-refractivity contribution in [2.24, 2.45) is 0 Å². The van der Waals surface area contributed by atoms with Gasteiger partial charge in [0.15, 0.2) is 0 Å². The van der Waals surface area contributed by atoms with Crippen molar-refractivity contribution in [1.82, 2.24) is 13.7 Å². The Bertz CT molecular complexity index is 3070. The van der Waals surface area contributed by atoms with Crippen LogP contribution in [0.3, 0.4) is 0 Å². The molecule has 55 heavy (non-hydrogen) atoms. The van der Waals surface area contributed by atoms with Crippen LogP contribution >= 0.6 is 0 Å². The van der Waals surface area contributed by atoms with Gasteiger partial charge in [-0.1, -0.05) is 137 Å². The van der Waals surface area contributed by atoms with Gasteiger partial charge >= 0.3 is 0 Å². The van der Waals surface area contributed by atoms with E-state index in [2.05, 4.69) is 202 Å². The van der Waals surface area contributed by atoms with Crippen molar-refractivity contribution in [3.05, 3.63) is 188 Å². The molecule has 0 radical (unpaired) electrons. The predicted octanol–water partition coefficient (Wildman–Crippen LogP) is 14.7. The van der Waals surface area contributed by atoms with E-state index >= 15 is 0 Å². The van der Waals surface area contributed by atoms with Crippen LogP contribution in [0.15, 0.2) is 188 Å². The molecule has 3 nitrogen and oxygen atoms in total. The fourth-order valence-electron chi connectivity index (χ4n) is 8.39. The summed E-state index contributed by atoms with van der Waals surface area (Å²) in [5, 5.41) is 7.49. The molecule has 3 heterocycles. The summed E-state index contributed by atoms with van der Waals surface area (Å²) in [7, 11) is 0. The third-order valence-corrected chi connectivity index (χ3v) is 10.6. The first-order valence-electron chi connectivity index (χ1n) is 19.5. The standard InChI is InChI=1S/C48H31N3.2C2H6/c1-3-13-32(14-4-1)33-23-26-46-40(29-33)39-19-9-12-22-45(39)51(46)36-25-28-48-42(31-36)41-30-35(24-27-47(41)49(48)34-15-5-2-6-16-34)50-43-20-10-7-17-37(43)38-18-8-11-21-44(38)50;2*1-2/h1-31H;2*1-2H3. The Kier molecular flexibility index (Phi) is 8.76. The maximum atomic E-state index is 2.43. The molecule has 0 atom stereocenters. The number of fused-ring (bicyclic) bond motifs is 9. The Morgan fingerprint density at radius 1 is 0.236 bits per heavy atom. The van der Waals surface area contributed by atoms with Crippen LogP contribution in [-0.4, -0.2) is 13.7 Å². The highest BCUT2D eigenvalue weighted by Gasteiger charge is 2.19. The average molecular weight is 710 g/mol. The second-order valence-electron chi connectivity index (χ2n) is 13.4. The fourth-order valence-corrected chi connectivity index (χ4v) is 8.39. The molecule has 0 saturated carbocycles. The number of hydrogen-bond acceptors (Lipinski definition) is 0. The van der Waals surface area contributed by atoms with E-state index in [4.69, 9.17) is 0 Å². The summed E-state index contributed by atoms with van der Waals surface area (Å²) >= 11 is 0. The van der Waals surface area contributed by atoms with Crippen LogP contribution in [0, 0.1) is 0 Å². The molecule has 11 aromatic rings. The Hall–Kier alpha value is -6.84. The summed E-state index contributed by atoms with van der Waals surface area (Å²) in [5.74, 6) is 0. The van der Waals surface area contributed by atoms with Gasteiger partial charge in [-0.2, -0.15) is 0 Å². The second-order valence-corrected chi connectivity index (χ2v) is 13.4. The molecule has 0 saturated heterocycles. The maximum absolute atomic E-state index is 2.43. The topological polar surface area (TPSA) is 14.8 Å². The van der Waals surface area contributed by atoms with Crippen molar-refractivity contribution in [3.8, 4) is 28.2 Å². The zero-order chi connectivity index (χ0) is 37.5. The van der Waals surface area contributed by atoms with Gasteiger partial charge in [-0.25, -0.2) is 0 Å². The van der Waals surface area contributed by atoms with Crippen LogP contribution in [0.1, 0.15) is 27.7 Å². The number of rotatable bonds is 4. The van der Waals surface area contributed by atoms with Gasteiger partial charge in [-0.15, -0.1) is 0 Å². The lowest BCUT2D eigenvalue weighted by Gasteiger charge is -2.10. The molecule has 0 unspecified atom stereocenters. The molecular weight excluding hydrogens is 667 g/mol. The first-order valence-corrected chi connectivity index (χ1v) is 19.5. The number of benzene rings is 8. The van der Waals surface area contributed by atoms with Gasteiger partial charge in [0.1, 0.15) is 0 Å². The van der Waals surface area contributed by atoms with Crippen LogP contribution in [0.4, 0.5) is 0 Å². The normalized spacial score (nSPS) is 11.3. The van der Waals surface area contributed by atoms with Gasteiger partial charge < -0.3 is 13.7 Å². The predicted molar refractivity (Wildman–Crippen MR) is 238 cm³/mol. The van der Waals surface area contributed by atoms with Crippen molar-refractivity contribution in [2.45, 2.75) is 27.7 Å². The summed E-state index contributed by atoms with van der Waals surface area (Å²) < 4.78 is 7.25. The molecule has 11 rings (SSSR count). The largest absolute Gasteiger partial charge is 0.309 e. The van der Waals surface area contributed by atoms with E-state index in [1.165, 1.54) is 76.5 Å². The molecule has 0 aliphatic rings. The molecule has 0 bridgehead atoms. The molecule has 0 fully saturated rings. The van der Waals surface area contributed by atoms with Crippen molar-refractivity contribution in [3.63, 3.8) is 0 Å². The van der Waals surface area contributed by atoms with E-state index in [1.54, 1.807) is 0 Å². The summed E-state index contributed by atoms with van der Waals surface area (Å²) in [6.07, 6.45) is 0. The van der Waals surface area contributed by atoms with Gasteiger partial charge in [0.25, 0.3) is 0 Å². The van der Waals surface area contributed by atoms with Crippen molar-refractivity contribution < 1.29 is 0 Å². The molecule has 0 N–H and O–H groups in total. The van der Waals surface area contributed by atoms with Crippen LogP contribution < -0.4 is 0 Å². The fraction of sp³-hybridized carbons (Fsp3) is 0.0769. The minimum atomic E-state index is 1.15. The molecule has 8 aromatic carbocycles. The number of nitrogens with zero attached hydrogens (tertiary/aromatic N) is 3. The number of para-hydroxylation sites is 4. The van der Waals surface area contributed by atoms with Crippen molar-refractivity contribution >= 4 is 65.4 Å². The van der Waals surface area contributed by atoms with Crippen LogP contribution in [0.25, 0.3) is 93.6 Å². The average Bonchev–Trinajstić information content (AvgIpc) is 3.90. The first kappa shape index (κ1) is 34.0. The Morgan fingerprint density at radius 3 is 1.07 bits per heavy atom. The summed E-state index contributed by atoms with van der Waals surface area (Å²) in [5.41, 5.74) is 13.1. The first-order chi connectivity index (χ1) is 27.3. The molecule has 0 spiro atoms. The molecule has 0 aliphatic carbocycles. The number of hydrogen-bond donors (Lipinski definition) is 0. The third-order valence-electron chi connectivity index (χ3n) is 10.6. The quantitative estimate of drug-likeness (QED) is 0.173. The van der Waals surface area contributed by atoms with E-state index in [0.717, 1.165) is 17.1 Å². The third kappa shape index (κ3) is 5.42. The lowest BCUT2D eigenvalue weighted by Crippen LogP contribution is -1.96. The second kappa shape index (κ2) is 14.2. The molecule has 0 aliphatic heterocycles. The van der Waals surface area contributed by atoms with Crippen molar-refractivity contribution in [1.29, 1.82) is 0 Å². The molecule has 3 aromatic heterocycles. The van der Waals surface area contributed by atoms with E-state index in [9.17, 15) is 0 Å². The maximum Gasteiger partial charge on any atom is 0.0542 e. The minimum Gasteiger partial charge on any atom is -0.309 e. The highest BCUT2D eigenvalue weighted by molar-refractivity contribution is 6.14. The van der Waals surface area contributed by atoms with E-state index in [0.29, 0.717) is 0 Å². The minimum absolute atomic E-state index is 1.15. The molecular formula is C52H43N3. The highest BCUT2D eigenvalue weighted by atomic mass is 15.0. The molecule has 3 heteroatoms. The van der Waals surface area contributed by atoms with E-state index < -0.39 is 0 Å². The SMILES string of the molecule is CC.CC.c1ccc(-c2ccc3c(c2)c2ccccc2n3-c2ccc3c(c2)c2cc(-n4c5ccccc5c5ccccc54)ccc2n3-c2ccccc2)cc1. The smallest absolute Gasteiger partial charge is 0.0542 e. The zero-order valence-corrected chi connectivity index (χ0v) is 31.7. The Morgan fingerprint density at radius 2 is 0.582 bits per heavy atom. The van der Waals surface area contributed by atoms with E-state index in [1.807, 2.05) is 27.7 Å². The van der Waals surface area contributed by atoms with Crippen LogP contribution in [0.5, 0.6) is 0 Å². The lowest BCUT2D eigenvalue weighted by molar-refractivity contribution is 1.16. The lowest BCUT2D eigenvalue weighted by atomic mass is 10.0. The van der Waals surface area contributed by atoms with Crippen LogP contribution in [0.2, 0.25) is 0 Å². The molecule has 266 valence electrons. The van der Waals surface area contributed by atoms with Gasteiger partial charge in [-0.3, -0.25) is 0 Å². The summed E-state index contributed by atoms with van der Waals surface area (Å²) in [6, 6.07) is 68.5. The van der Waals surface area contributed by atoms with Gasteiger partial charge in [0.05, 0.1) is 33.1 Å². The Balaban J connectivity index is 0.000000963. The van der Waals surface area contributed by atoms with Gasteiger partial charge in [0.2, 0.25) is 0 Å². The van der Waals surface area contributed by atoms with Gasteiger partial charge in [-0.05, 0) is 90.0 Å². The number of aromatic nitrogens is 3. The van der Waals surface area contributed by atoms with E-state index in [-0.39, 0.29) is 0 Å². The van der Waals surface area contributed by atoms with Gasteiger partial charge in [0, 0.05) is 49.4 Å². The molecule has 0 amide bonds. The monoisotopic (exact) mass is 709 g/mol. The highest BCUT2D eigenvalue weighted by Crippen LogP contribution is 2.40.